The van der Waals surface area contributed by atoms with Gasteiger partial charge in [0.1, 0.15) is 17.1 Å². The van der Waals surface area contributed by atoms with E-state index in [1.165, 1.54) is 7.11 Å². The third-order valence-corrected chi connectivity index (χ3v) is 4.66. The predicted molar refractivity (Wildman–Crippen MR) is 105 cm³/mol. The van der Waals surface area contributed by atoms with E-state index in [-0.39, 0.29) is 12.5 Å². The maximum absolute atomic E-state index is 12.9. The van der Waals surface area contributed by atoms with Crippen molar-refractivity contribution in [2.24, 2.45) is 0 Å². The maximum Gasteiger partial charge on any atom is 0.341 e. The van der Waals surface area contributed by atoms with Crippen molar-refractivity contribution >= 4 is 33.6 Å². The van der Waals surface area contributed by atoms with Crippen LogP contribution in [0, 0.1) is 6.92 Å². The van der Waals surface area contributed by atoms with Crippen molar-refractivity contribution in [1.29, 1.82) is 0 Å². The first-order valence-electron chi connectivity index (χ1n) is 8.81. The number of hydrogen-bond acceptors (Lipinski definition) is 5. The standard InChI is InChI=1S/C22H18N2O4/c1-13-18(22(26)27-2)11-15(28-13)12-24-21(25)19-10-14-6-3-4-7-16(14)17-8-5-9-23-20(17)19/h3-11H,12H2,1-2H3,(H,24,25). The minimum Gasteiger partial charge on any atom is -0.465 e. The molecule has 0 saturated carbocycles. The molecule has 1 N–H and O–H groups in total. The molecule has 4 rings (SSSR count). The van der Waals surface area contributed by atoms with Crippen molar-refractivity contribution in [3.8, 4) is 0 Å². The number of carbonyl (C=O) groups is 2. The number of esters is 1. The number of nitrogens with zero attached hydrogens (tertiary/aromatic N) is 1. The molecule has 2 aromatic carbocycles. The van der Waals surface area contributed by atoms with Crippen molar-refractivity contribution in [3.05, 3.63) is 77.4 Å². The van der Waals surface area contributed by atoms with E-state index in [1.807, 2.05) is 42.5 Å². The number of carbonyl (C=O) groups excluding carboxylic acids is 2. The van der Waals surface area contributed by atoms with Gasteiger partial charge in [0.05, 0.1) is 24.7 Å². The molecular weight excluding hydrogens is 356 g/mol. The molecule has 0 spiro atoms. The zero-order valence-electron chi connectivity index (χ0n) is 15.5. The van der Waals surface area contributed by atoms with Crippen LogP contribution in [0.25, 0.3) is 21.7 Å². The highest BCUT2D eigenvalue weighted by Crippen LogP contribution is 2.27. The fourth-order valence-electron chi connectivity index (χ4n) is 3.31. The molecule has 0 atom stereocenters. The van der Waals surface area contributed by atoms with Gasteiger partial charge in [0.15, 0.2) is 0 Å². The monoisotopic (exact) mass is 374 g/mol. The summed E-state index contributed by atoms with van der Waals surface area (Å²) in [4.78, 5) is 29.0. The molecule has 0 saturated heterocycles. The van der Waals surface area contributed by atoms with E-state index in [9.17, 15) is 9.59 Å². The summed E-state index contributed by atoms with van der Waals surface area (Å²) in [6.07, 6.45) is 1.67. The summed E-state index contributed by atoms with van der Waals surface area (Å²) in [5.74, 6) is 0.199. The van der Waals surface area contributed by atoms with E-state index >= 15 is 0 Å². The number of fused-ring (bicyclic) bond motifs is 3. The maximum atomic E-state index is 12.9. The van der Waals surface area contributed by atoms with Gasteiger partial charge in [0.25, 0.3) is 5.91 Å². The molecular formula is C22H18N2O4. The minimum absolute atomic E-state index is 0.151. The van der Waals surface area contributed by atoms with Crippen LogP contribution in [-0.2, 0) is 11.3 Å². The van der Waals surface area contributed by atoms with Gasteiger partial charge in [0, 0.05) is 11.6 Å². The van der Waals surface area contributed by atoms with E-state index in [2.05, 4.69) is 10.3 Å². The predicted octanol–water partition coefficient (Wildman–Crippen LogP) is 4.01. The van der Waals surface area contributed by atoms with E-state index < -0.39 is 5.97 Å². The number of aromatic nitrogens is 1. The Morgan fingerprint density at radius 1 is 1.07 bits per heavy atom. The zero-order valence-corrected chi connectivity index (χ0v) is 15.5. The molecule has 140 valence electrons. The number of benzene rings is 2. The molecule has 1 amide bonds. The molecule has 2 aromatic heterocycles. The molecule has 0 fully saturated rings. The highest BCUT2D eigenvalue weighted by Gasteiger charge is 2.17. The Morgan fingerprint density at radius 3 is 2.68 bits per heavy atom. The molecule has 0 bridgehead atoms. The first-order chi connectivity index (χ1) is 13.6. The molecule has 0 aliphatic rings. The van der Waals surface area contributed by atoms with Crippen molar-refractivity contribution < 1.29 is 18.7 Å². The van der Waals surface area contributed by atoms with Crippen molar-refractivity contribution in [2.75, 3.05) is 7.11 Å². The van der Waals surface area contributed by atoms with Gasteiger partial charge in [-0.1, -0.05) is 30.3 Å². The number of amides is 1. The summed E-state index contributed by atoms with van der Waals surface area (Å²) in [6, 6.07) is 15.1. The SMILES string of the molecule is COC(=O)c1cc(CNC(=O)c2cc3ccccc3c3cccnc23)oc1C. The topological polar surface area (TPSA) is 81.4 Å². The Labute approximate surface area is 161 Å². The number of furan rings is 1. The van der Waals surface area contributed by atoms with Crippen LogP contribution in [0.5, 0.6) is 0 Å². The highest BCUT2D eigenvalue weighted by molar-refractivity contribution is 6.15. The van der Waals surface area contributed by atoms with Gasteiger partial charge in [-0.15, -0.1) is 0 Å². The summed E-state index contributed by atoms with van der Waals surface area (Å²) < 4.78 is 10.3. The zero-order chi connectivity index (χ0) is 19.7. The van der Waals surface area contributed by atoms with Gasteiger partial charge in [0.2, 0.25) is 0 Å². The quantitative estimate of drug-likeness (QED) is 0.431. The lowest BCUT2D eigenvalue weighted by atomic mass is 10.0. The third kappa shape index (κ3) is 3.09. The second-order valence-electron chi connectivity index (χ2n) is 6.40. The van der Waals surface area contributed by atoms with Gasteiger partial charge in [-0.05, 0) is 35.9 Å². The van der Waals surface area contributed by atoms with Crippen LogP contribution in [0.4, 0.5) is 0 Å². The van der Waals surface area contributed by atoms with Crippen LogP contribution in [0.15, 0.2) is 59.1 Å². The fraction of sp³-hybridized carbons (Fsp3) is 0.136. The number of methoxy groups -OCH3 is 1. The first kappa shape index (κ1) is 17.7. The van der Waals surface area contributed by atoms with Gasteiger partial charge in [-0.3, -0.25) is 9.78 Å². The third-order valence-electron chi connectivity index (χ3n) is 4.66. The summed E-state index contributed by atoms with van der Waals surface area (Å²) in [6.45, 7) is 1.83. The largest absolute Gasteiger partial charge is 0.465 e. The Morgan fingerprint density at radius 2 is 1.86 bits per heavy atom. The summed E-state index contributed by atoms with van der Waals surface area (Å²) >= 11 is 0. The smallest absolute Gasteiger partial charge is 0.341 e. The second-order valence-corrected chi connectivity index (χ2v) is 6.40. The summed E-state index contributed by atoms with van der Waals surface area (Å²) in [5, 5.41) is 5.78. The van der Waals surface area contributed by atoms with Crippen LogP contribution in [0.2, 0.25) is 0 Å². The minimum atomic E-state index is -0.469. The van der Waals surface area contributed by atoms with Gasteiger partial charge in [-0.2, -0.15) is 0 Å². The summed E-state index contributed by atoms with van der Waals surface area (Å²) in [7, 11) is 1.31. The van der Waals surface area contributed by atoms with E-state index in [0.29, 0.717) is 28.2 Å². The van der Waals surface area contributed by atoms with Gasteiger partial charge in [-0.25, -0.2) is 4.79 Å². The van der Waals surface area contributed by atoms with Crippen LogP contribution < -0.4 is 5.32 Å². The lowest BCUT2D eigenvalue weighted by molar-refractivity contribution is 0.0598. The second kappa shape index (κ2) is 7.15. The molecule has 28 heavy (non-hydrogen) atoms. The average Bonchev–Trinajstić information content (AvgIpc) is 3.11. The molecule has 4 aromatic rings. The van der Waals surface area contributed by atoms with Gasteiger partial charge >= 0.3 is 5.97 Å². The van der Waals surface area contributed by atoms with Crippen molar-refractivity contribution in [1.82, 2.24) is 10.3 Å². The van der Waals surface area contributed by atoms with E-state index in [1.54, 1.807) is 19.2 Å². The molecule has 6 nitrogen and oxygen atoms in total. The molecule has 2 heterocycles. The molecule has 0 aliphatic heterocycles. The van der Waals surface area contributed by atoms with Crippen LogP contribution >= 0.6 is 0 Å². The average molecular weight is 374 g/mol. The fourth-order valence-corrected chi connectivity index (χ4v) is 3.31. The Hall–Kier alpha value is -3.67. The van der Waals surface area contributed by atoms with Crippen LogP contribution in [0.3, 0.4) is 0 Å². The van der Waals surface area contributed by atoms with Crippen molar-refractivity contribution in [3.63, 3.8) is 0 Å². The van der Waals surface area contributed by atoms with Gasteiger partial charge < -0.3 is 14.5 Å². The summed E-state index contributed by atoms with van der Waals surface area (Å²) in [5.41, 5.74) is 1.49. The Bertz CT molecular complexity index is 1210. The Kier molecular flexibility index (Phi) is 4.53. The number of aryl methyl sites for hydroxylation is 1. The number of ether oxygens (including phenoxy) is 1. The lowest BCUT2D eigenvalue weighted by Crippen LogP contribution is -2.23. The number of hydrogen-bond donors (Lipinski definition) is 1. The Balaban J connectivity index is 1.65. The first-order valence-corrected chi connectivity index (χ1v) is 8.81. The molecule has 6 heteroatoms. The number of nitrogens with one attached hydrogen (secondary N) is 1. The van der Waals surface area contributed by atoms with Crippen molar-refractivity contribution in [2.45, 2.75) is 13.5 Å². The molecule has 0 radical (unpaired) electrons. The van der Waals surface area contributed by atoms with Crippen LogP contribution in [0.1, 0.15) is 32.2 Å². The lowest BCUT2D eigenvalue weighted by Gasteiger charge is -2.09. The molecule has 0 aliphatic carbocycles. The van der Waals surface area contributed by atoms with Crippen LogP contribution in [-0.4, -0.2) is 24.0 Å². The highest BCUT2D eigenvalue weighted by atomic mass is 16.5. The normalized spacial score (nSPS) is 10.9. The van der Waals surface area contributed by atoms with E-state index in [4.69, 9.17) is 9.15 Å². The van der Waals surface area contributed by atoms with E-state index in [0.717, 1.165) is 16.2 Å². The number of pyridine rings is 1. The number of rotatable bonds is 4. The molecule has 0 unspecified atom stereocenters.